The summed E-state index contributed by atoms with van der Waals surface area (Å²) in [6.45, 7) is 0.858. The predicted molar refractivity (Wildman–Crippen MR) is 108 cm³/mol. The Hall–Kier alpha value is -2.09. The standard InChI is InChI=1S/C19H24N2O4S.ClH/c1-21(19(22)18(20)15-8-4-3-5-9-15)12-7-13-25-16-10-6-11-17(14-16)26(2,23)24;/h3-6,8-11,14,18H,7,12-13,20H2,1-2H3;1H. The Morgan fingerprint density at radius 1 is 1.15 bits per heavy atom. The van der Waals surface area contributed by atoms with Crippen LogP contribution < -0.4 is 10.5 Å². The highest BCUT2D eigenvalue weighted by Crippen LogP contribution is 2.17. The number of halogens is 1. The summed E-state index contributed by atoms with van der Waals surface area (Å²) in [5.41, 5.74) is 6.79. The average molecular weight is 413 g/mol. The van der Waals surface area contributed by atoms with Gasteiger partial charge in [0, 0.05) is 19.8 Å². The number of ether oxygens (including phenoxy) is 1. The molecule has 8 heteroatoms. The number of sulfone groups is 1. The highest BCUT2D eigenvalue weighted by atomic mass is 35.5. The molecule has 1 amide bonds. The van der Waals surface area contributed by atoms with Crippen molar-refractivity contribution in [2.45, 2.75) is 17.4 Å². The first-order chi connectivity index (χ1) is 12.3. The Morgan fingerprint density at radius 2 is 1.81 bits per heavy atom. The third kappa shape index (κ3) is 6.86. The second kappa shape index (κ2) is 10.3. The molecule has 0 heterocycles. The maximum absolute atomic E-state index is 12.4. The molecule has 2 rings (SSSR count). The first-order valence-electron chi connectivity index (χ1n) is 8.27. The van der Waals surface area contributed by atoms with Crippen LogP contribution in [0.1, 0.15) is 18.0 Å². The molecule has 0 radical (unpaired) electrons. The number of benzene rings is 2. The van der Waals surface area contributed by atoms with Gasteiger partial charge in [-0.1, -0.05) is 36.4 Å². The van der Waals surface area contributed by atoms with Crippen LogP contribution in [0.15, 0.2) is 59.5 Å². The van der Waals surface area contributed by atoms with E-state index in [2.05, 4.69) is 0 Å². The first kappa shape index (κ1) is 23.0. The van der Waals surface area contributed by atoms with Gasteiger partial charge in [0.25, 0.3) is 0 Å². The summed E-state index contributed by atoms with van der Waals surface area (Å²) < 4.78 is 28.7. The molecule has 148 valence electrons. The monoisotopic (exact) mass is 412 g/mol. The first-order valence-corrected chi connectivity index (χ1v) is 10.2. The summed E-state index contributed by atoms with van der Waals surface area (Å²) in [5.74, 6) is 0.332. The Balaban J connectivity index is 0.00000364. The molecule has 0 saturated heterocycles. The van der Waals surface area contributed by atoms with Crippen molar-refractivity contribution in [2.24, 2.45) is 5.73 Å². The molecule has 0 saturated carbocycles. The van der Waals surface area contributed by atoms with Gasteiger partial charge >= 0.3 is 0 Å². The zero-order valence-electron chi connectivity index (χ0n) is 15.4. The van der Waals surface area contributed by atoms with Gasteiger partial charge in [-0.05, 0) is 30.2 Å². The molecule has 0 aromatic heterocycles. The quantitative estimate of drug-likeness (QED) is 0.672. The van der Waals surface area contributed by atoms with Crippen LogP contribution in [-0.4, -0.2) is 45.7 Å². The van der Waals surface area contributed by atoms with Gasteiger partial charge in [0.05, 0.1) is 11.5 Å². The van der Waals surface area contributed by atoms with E-state index >= 15 is 0 Å². The van der Waals surface area contributed by atoms with Gasteiger partial charge < -0.3 is 15.4 Å². The van der Waals surface area contributed by atoms with Gasteiger partial charge in [0.15, 0.2) is 9.84 Å². The molecule has 2 aromatic rings. The minimum atomic E-state index is -3.26. The molecule has 0 bridgehead atoms. The zero-order chi connectivity index (χ0) is 19.2. The third-order valence-electron chi connectivity index (χ3n) is 3.94. The van der Waals surface area contributed by atoms with Gasteiger partial charge in [-0.3, -0.25) is 4.79 Å². The Bertz CT molecular complexity index is 844. The highest BCUT2D eigenvalue weighted by molar-refractivity contribution is 7.90. The molecule has 2 aromatic carbocycles. The van der Waals surface area contributed by atoms with Crippen LogP contribution >= 0.6 is 12.4 Å². The molecule has 0 aliphatic heterocycles. The molecule has 0 fully saturated rings. The third-order valence-corrected chi connectivity index (χ3v) is 5.05. The van der Waals surface area contributed by atoms with Crippen LogP contribution in [0.3, 0.4) is 0 Å². The van der Waals surface area contributed by atoms with Crippen LogP contribution in [0.25, 0.3) is 0 Å². The van der Waals surface area contributed by atoms with E-state index in [9.17, 15) is 13.2 Å². The van der Waals surface area contributed by atoms with Crippen molar-refractivity contribution in [3.63, 3.8) is 0 Å². The largest absolute Gasteiger partial charge is 0.493 e. The predicted octanol–water partition coefficient (Wildman–Crippen LogP) is 2.44. The highest BCUT2D eigenvalue weighted by Gasteiger charge is 2.19. The van der Waals surface area contributed by atoms with Crippen LogP contribution in [0.5, 0.6) is 5.75 Å². The van der Waals surface area contributed by atoms with Crippen LogP contribution in [-0.2, 0) is 14.6 Å². The number of hydrogen-bond donors (Lipinski definition) is 1. The second-order valence-corrected chi connectivity index (χ2v) is 8.11. The summed E-state index contributed by atoms with van der Waals surface area (Å²) in [6.07, 6.45) is 1.76. The molecule has 6 nitrogen and oxygen atoms in total. The lowest BCUT2D eigenvalue weighted by Crippen LogP contribution is -2.36. The van der Waals surface area contributed by atoms with Crippen LogP contribution in [0.2, 0.25) is 0 Å². The van der Waals surface area contributed by atoms with E-state index in [0.29, 0.717) is 25.3 Å². The lowest BCUT2D eigenvalue weighted by atomic mass is 10.1. The Kier molecular flexibility index (Phi) is 8.75. The van der Waals surface area contributed by atoms with Gasteiger partial charge in [-0.2, -0.15) is 0 Å². The minimum absolute atomic E-state index is 0. The molecule has 2 N–H and O–H groups in total. The SMILES string of the molecule is CN(CCCOc1cccc(S(C)(=O)=O)c1)C(=O)C(N)c1ccccc1.Cl. The Labute approximate surface area is 166 Å². The number of likely N-dealkylation sites (N-methyl/N-ethyl adjacent to an activating group) is 1. The van der Waals surface area contributed by atoms with Gasteiger partial charge in [0.1, 0.15) is 11.8 Å². The van der Waals surface area contributed by atoms with Crippen LogP contribution in [0.4, 0.5) is 0 Å². The molecule has 1 atom stereocenters. The maximum Gasteiger partial charge on any atom is 0.243 e. The van der Waals surface area contributed by atoms with Crippen molar-refractivity contribution in [1.29, 1.82) is 0 Å². The van der Waals surface area contributed by atoms with Crippen molar-refractivity contribution < 1.29 is 17.9 Å². The molecule has 27 heavy (non-hydrogen) atoms. The van der Waals surface area contributed by atoms with E-state index in [0.717, 1.165) is 11.8 Å². The van der Waals surface area contributed by atoms with Gasteiger partial charge in [-0.25, -0.2) is 8.42 Å². The summed E-state index contributed by atoms with van der Waals surface area (Å²) in [7, 11) is -1.56. The topological polar surface area (TPSA) is 89.7 Å². The molecular weight excluding hydrogens is 388 g/mol. The fourth-order valence-electron chi connectivity index (χ4n) is 2.44. The van der Waals surface area contributed by atoms with E-state index in [1.807, 2.05) is 30.3 Å². The molecular formula is C19H25ClN2O4S. The average Bonchev–Trinajstić information content (AvgIpc) is 2.64. The van der Waals surface area contributed by atoms with Gasteiger partial charge in [0.2, 0.25) is 5.91 Å². The normalized spacial score (nSPS) is 12.0. The number of nitrogens with zero attached hydrogens (tertiary/aromatic N) is 1. The van der Waals surface area contributed by atoms with Crippen molar-refractivity contribution in [3.05, 3.63) is 60.2 Å². The lowest BCUT2D eigenvalue weighted by molar-refractivity contribution is -0.131. The van der Waals surface area contributed by atoms with Gasteiger partial charge in [-0.15, -0.1) is 12.4 Å². The molecule has 0 spiro atoms. The fraction of sp³-hybridized carbons (Fsp3) is 0.316. The summed E-state index contributed by atoms with van der Waals surface area (Å²) in [5, 5.41) is 0. The maximum atomic E-state index is 12.4. The number of nitrogens with two attached hydrogens (primary N) is 1. The van der Waals surface area contributed by atoms with E-state index in [4.69, 9.17) is 10.5 Å². The minimum Gasteiger partial charge on any atom is -0.493 e. The van der Waals surface area contributed by atoms with Crippen molar-refractivity contribution in [2.75, 3.05) is 26.5 Å². The van der Waals surface area contributed by atoms with Crippen molar-refractivity contribution in [1.82, 2.24) is 4.90 Å². The summed E-state index contributed by atoms with van der Waals surface area (Å²) in [4.78, 5) is 14.2. The molecule has 1 unspecified atom stereocenters. The number of rotatable bonds is 8. The number of amides is 1. The van der Waals surface area contributed by atoms with E-state index in [1.54, 1.807) is 24.1 Å². The summed E-state index contributed by atoms with van der Waals surface area (Å²) in [6, 6.07) is 14.9. The molecule has 0 aliphatic carbocycles. The van der Waals surface area contributed by atoms with Crippen molar-refractivity contribution >= 4 is 28.2 Å². The fourth-order valence-corrected chi connectivity index (χ4v) is 3.09. The second-order valence-electron chi connectivity index (χ2n) is 6.10. The van der Waals surface area contributed by atoms with Crippen LogP contribution in [0, 0.1) is 0 Å². The number of carbonyl (C=O) groups excluding carboxylic acids is 1. The lowest BCUT2D eigenvalue weighted by Gasteiger charge is -2.21. The Morgan fingerprint density at radius 3 is 2.44 bits per heavy atom. The number of carbonyl (C=O) groups is 1. The smallest absolute Gasteiger partial charge is 0.243 e. The van der Waals surface area contributed by atoms with Crippen molar-refractivity contribution in [3.8, 4) is 5.75 Å². The molecule has 0 aliphatic rings. The van der Waals surface area contributed by atoms with E-state index in [-0.39, 0.29) is 23.2 Å². The van der Waals surface area contributed by atoms with E-state index in [1.165, 1.54) is 12.1 Å². The zero-order valence-corrected chi connectivity index (χ0v) is 17.0. The number of hydrogen-bond acceptors (Lipinski definition) is 5. The summed E-state index contributed by atoms with van der Waals surface area (Å²) >= 11 is 0. The van der Waals surface area contributed by atoms with E-state index < -0.39 is 15.9 Å².